The van der Waals surface area contributed by atoms with E-state index in [2.05, 4.69) is 29.3 Å². The quantitative estimate of drug-likeness (QED) is 0.351. The van der Waals surface area contributed by atoms with E-state index in [0.29, 0.717) is 5.39 Å². The van der Waals surface area contributed by atoms with Crippen LogP contribution in [0.2, 0.25) is 0 Å². The first kappa shape index (κ1) is 25.6. The lowest BCUT2D eigenvalue weighted by Crippen LogP contribution is -2.39. The van der Waals surface area contributed by atoms with Crippen LogP contribution in [0.1, 0.15) is 12.0 Å². The highest BCUT2D eigenvalue weighted by atomic mass is 32.2. The van der Waals surface area contributed by atoms with Gasteiger partial charge in [-0.05, 0) is 46.7 Å². The number of hydrogen-bond acceptors (Lipinski definition) is 7. The molecule has 0 bridgehead atoms. The third-order valence-electron chi connectivity index (χ3n) is 5.91. The van der Waals surface area contributed by atoms with Gasteiger partial charge in [0.05, 0.1) is 0 Å². The SMILES string of the molecule is CN(C)N(C)Cc1ccc(-c2ccc3c(=O)n(CCC(C(=O)NO)S(C)(=O)=O)ccc3c2)cc1. The standard InChI is InChI=1S/C24H30N4O5S/c1-26(2)27(3)16-17-5-7-18(8-6-17)19-9-10-21-20(15-19)11-13-28(24(21)30)14-12-22(23(29)25-31)34(4,32)33/h5-11,13,15,22,31H,12,14,16H2,1-4H3,(H,25,29). The second kappa shape index (κ2) is 10.5. The number of rotatable bonds is 9. The predicted octanol–water partition coefficient (Wildman–Crippen LogP) is 1.89. The summed E-state index contributed by atoms with van der Waals surface area (Å²) in [7, 11) is 2.26. The third-order valence-corrected chi connectivity index (χ3v) is 7.39. The van der Waals surface area contributed by atoms with Crippen molar-refractivity contribution < 1.29 is 18.4 Å². The Morgan fingerprint density at radius 1 is 1.06 bits per heavy atom. The number of hydrazine groups is 1. The second-order valence-corrected chi connectivity index (χ2v) is 10.8. The number of amides is 1. The molecule has 0 aliphatic rings. The van der Waals surface area contributed by atoms with Crippen LogP contribution in [0.5, 0.6) is 0 Å². The minimum Gasteiger partial charge on any atom is -0.315 e. The van der Waals surface area contributed by atoms with Crippen molar-refractivity contribution >= 4 is 26.5 Å². The fraction of sp³-hybridized carbons (Fsp3) is 0.333. The zero-order valence-corrected chi connectivity index (χ0v) is 20.5. The molecule has 34 heavy (non-hydrogen) atoms. The first-order valence-electron chi connectivity index (χ1n) is 10.7. The number of aromatic nitrogens is 1. The average Bonchev–Trinajstić information content (AvgIpc) is 2.79. The highest BCUT2D eigenvalue weighted by Crippen LogP contribution is 2.24. The zero-order valence-electron chi connectivity index (χ0n) is 19.7. The van der Waals surface area contributed by atoms with Crippen LogP contribution in [0.25, 0.3) is 21.9 Å². The Labute approximate surface area is 199 Å². The summed E-state index contributed by atoms with van der Waals surface area (Å²) >= 11 is 0. The van der Waals surface area contributed by atoms with Crippen LogP contribution in [0, 0.1) is 0 Å². The van der Waals surface area contributed by atoms with Crippen LogP contribution in [0.15, 0.2) is 59.5 Å². The summed E-state index contributed by atoms with van der Waals surface area (Å²) in [5.74, 6) is -1.01. The first-order chi connectivity index (χ1) is 16.0. The summed E-state index contributed by atoms with van der Waals surface area (Å²) in [6.45, 7) is 0.815. The van der Waals surface area contributed by atoms with E-state index in [9.17, 15) is 18.0 Å². The van der Waals surface area contributed by atoms with Gasteiger partial charge in [-0.15, -0.1) is 0 Å². The fourth-order valence-corrected chi connectivity index (χ4v) is 4.70. The molecule has 1 atom stereocenters. The van der Waals surface area contributed by atoms with E-state index in [1.807, 2.05) is 38.3 Å². The van der Waals surface area contributed by atoms with Gasteiger partial charge in [0.2, 0.25) is 0 Å². The molecule has 3 rings (SSSR count). The number of benzene rings is 2. The largest absolute Gasteiger partial charge is 0.315 e. The van der Waals surface area contributed by atoms with E-state index >= 15 is 0 Å². The van der Waals surface area contributed by atoms with E-state index in [0.717, 1.165) is 29.3 Å². The molecule has 2 N–H and O–H groups in total. The molecule has 0 radical (unpaired) electrons. The van der Waals surface area contributed by atoms with Gasteiger partial charge in [0.1, 0.15) is 5.25 Å². The monoisotopic (exact) mass is 486 g/mol. The number of hydroxylamine groups is 1. The molecule has 10 heteroatoms. The number of pyridine rings is 1. The smallest absolute Gasteiger partial charge is 0.261 e. The van der Waals surface area contributed by atoms with Crippen LogP contribution in [-0.4, -0.2) is 66.8 Å². The molecule has 0 fully saturated rings. The summed E-state index contributed by atoms with van der Waals surface area (Å²) in [6.07, 6.45) is 2.37. The molecule has 0 aliphatic heterocycles. The van der Waals surface area contributed by atoms with Gasteiger partial charge in [-0.1, -0.05) is 30.3 Å². The van der Waals surface area contributed by atoms with E-state index in [1.54, 1.807) is 18.3 Å². The summed E-state index contributed by atoms with van der Waals surface area (Å²) in [4.78, 5) is 24.7. The van der Waals surface area contributed by atoms with Gasteiger partial charge in [-0.25, -0.2) is 23.9 Å². The second-order valence-electron chi connectivity index (χ2n) is 8.56. The van der Waals surface area contributed by atoms with Gasteiger partial charge < -0.3 is 4.57 Å². The van der Waals surface area contributed by atoms with Gasteiger partial charge >= 0.3 is 0 Å². The number of sulfone groups is 1. The average molecular weight is 487 g/mol. The van der Waals surface area contributed by atoms with Crippen molar-refractivity contribution in [1.29, 1.82) is 0 Å². The van der Waals surface area contributed by atoms with Crippen molar-refractivity contribution in [1.82, 2.24) is 20.1 Å². The Kier molecular flexibility index (Phi) is 7.88. The molecule has 1 heterocycles. The molecule has 2 aromatic carbocycles. The van der Waals surface area contributed by atoms with Crippen LogP contribution >= 0.6 is 0 Å². The Hall–Kier alpha value is -3.05. The lowest BCUT2D eigenvalue weighted by molar-refractivity contribution is -0.128. The summed E-state index contributed by atoms with van der Waals surface area (Å²) in [5.41, 5.74) is 4.31. The van der Waals surface area contributed by atoms with Crippen molar-refractivity contribution in [2.75, 3.05) is 27.4 Å². The molecular weight excluding hydrogens is 456 g/mol. The van der Waals surface area contributed by atoms with Crippen molar-refractivity contribution in [2.45, 2.75) is 24.8 Å². The maximum absolute atomic E-state index is 12.9. The summed E-state index contributed by atoms with van der Waals surface area (Å²) in [6, 6.07) is 15.6. The molecule has 0 aliphatic carbocycles. The van der Waals surface area contributed by atoms with Crippen molar-refractivity contribution in [3.05, 3.63) is 70.6 Å². The molecular formula is C24H30N4O5S. The van der Waals surface area contributed by atoms with Crippen LogP contribution < -0.4 is 11.0 Å². The molecule has 0 spiro atoms. The maximum atomic E-state index is 12.9. The Morgan fingerprint density at radius 2 is 1.71 bits per heavy atom. The first-order valence-corrected chi connectivity index (χ1v) is 12.7. The molecule has 1 unspecified atom stereocenters. The summed E-state index contributed by atoms with van der Waals surface area (Å²) in [5, 5.41) is 12.8. The van der Waals surface area contributed by atoms with E-state index in [4.69, 9.17) is 5.21 Å². The number of hydrogen-bond donors (Lipinski definition) is 2. The van der Waals surface area contributed by atoms with Gasteiger partial charge in [-0.2, -0.15) is 0 Å². The number of carbonyl (C=O) groups excluding carboxylic acids is 1. The highest BCUT2D eigenvalue weighted by Gasteiger charge is 2.28. The molecule has 0 saturated carbocycles. The van der Waals surface area contributed by atoms with Gasteiger partial charge in [0.15, 0.2) is 9.84 Å². The Morgan fingerprint density at radius 3 is 2.29 bits per heavy atom. The Bertz CT molecular complexity index is 1330. The molecule has 1 aromatic heterocycles. The maximum Gasteiger partial charge on any atom is 0.261 e. The predicted molar refractivity (Wildman–Crippen MR) is 132 cm³/mol. The van der Waals surface area contributed by atoms with E-state index in [1.165, 1.54) is 15.6 Å². The fourth-order valence-electron chi connectivity index (χ4n) is 3.72. The number of carbonyl (C=O) groups is 1. The van der Waals surface area contributed by atoms with Crippen molar-refractivity contribution in [3.8, 4) is 11.1 Å². The molecule has 182 valence electrons. The van der Waals surface area contributed by atoms with Gasteiger partial charge in [-0.3, -0.25) is 14.8 Å². The normalized spacial score (nSPS) is 12.9. The lowest BCUT2D eigenvalue weighted by Gasteiger charge is -2.24. The minimum absolute atomic E-state index is 0.0184. The summed E-state index contributed by atoms with van der Waals surface area (Å²) < 4.78 is 25.1. The number of nitrogens with one attached hydrogen (secondary N) is 1. The van der Waals surface area contributed by atoms with Gasteiger partial charge in [0, 0.05) is 52.1 Å². The van der Waals surface area contributed by atoms with Crippen molar-refractivity contribution in [2.24, 2.45) is 0 Å². The molecule has 3 aromatic rings. The van der Waals surface area contributed by atoms with Crippen LogP contribution in [0.3, 0.4) is 0 Å². The van der Waals surface area contributed by atoms with Crippen LogP contribution in [-0.2, 0) is 27.7 Å². The minimum atomic E-state index is -3.74. The Balaban J connectivity index is 1.82. The molecule has 9 nitrogen and oxygen atoms in total. The lowest BCUT2D eigenvalue weighted by atomic mass is 10.0. The molecule has 0 saturated heterocycles. The zero-order chi connectivity index (χ0) is 25.0. The highest BCUT2D eigenvalue weighted by molar-refractivity contribution is 7.92. The third kappa shape index (κ3) is 5.89. The number of aryl methyl sites for hydroxylation is 1. The van der Waals surface area contributed by atoms with Gasteiger partial charge in [0.25, 0.3) is 11.5 Å². The number of nitrogens with zero attached hydrogens (tertiary/aromatic N) is 3. The van der Waals surface area contributed by atoms with Crippen LogP contribution in [0.4, 0.5) is 0 Å². The van der Waals surface area contributed by atoms with E-state index < -0.39 is 21.0 Å². The number of fused-ring (bicyclic) bond motifs is 1. The van der Waals surface area contributed by atoms with E-state index in [-0.39, 0.29) is 18.5 Å². The van der Waals surface area contributed by atoms with Crippen molar-refractivity contribution in [3.63, 3.8) is 0 Å². The molecule has 1 amide bonds. The topological polar surface area (TPSA) is 112 Å².